The fourth-order valence-electron chi connectivity index (χ4n) is 3.81. The number of hydrogen-bond donors (Lipinski definition) is 1. The van der Waals surface area contributed by atoms with Gasteiger partial charge in [-0.1, -0.05) is 31.5 Å². The van der Waals surface area contributed by atoms with Crippen LogP contribution < -0.4 is 4.31 Å². The maximum Gasteiger partial charge on any atom is 0.429 e. The number of nitrogens with zero attached hydrogens (tertiary/aromatic N) is 1. The van der Waals surface area contributed by atoms with Crippen LogP contribution in [0.25, 0.3) is 11.3 Å². The van der Waals surface area contributed by atoms with Crippen LogP contribution in [-0.2, 0) is 19.5 Å². The topological polar surface area (TPSA) is 106 Å². The molecule has 0 spiro atoms. The molecule has 1 aromatic heterocycles. The first-order valence-corrected chi connectivity index (χ1v) is 13.6. The highest BCUT2D eigenvalue weighted by atomic mass is 32.2. The molecule has 204 valence electrons. The maximum absolute atomic E-state index is 14.1. The third-order valence-electron chi connectivity index (χ3n) is 5.51. The average Bonchev–Trinajstić information content (AvgIpc) is 3.19. The molecule has 1 heterocycles. The van der Waals surface area contributed by atoms with Crippen molar-refractivity contribution < 1.29 is 31.9 Å². The van der Waals surface area contributed by atoms with Gasteiger partial charge in [-0.05, 0) is 76.9 Å². The Kier molecular flexibility index (Phi) is 8.36. The van der Waals surface area contributed by atoms with E-state index in [1.54, 1.807) is 60.6 Å². The van der Waals surface area contributed by atoms with E-state index in [-0.39, 0.29) is 34.4 Å². The fourth-order valence-corrected chi connectivity index (χ4v) is 5.16. The summed E-state index contributed by atoms with van der Waals surface area (Å²) >= 11 is 0. The van der Waals surface area contributed by atoms with Gasteiger partial charge >= 0.3 is 12.1 Å². The molecule has 0 bridgehead atoms. The number of aromatic nitrogens is 1. The molecule has 0 aliphatic rings. The maximum atomic E-state index is 14.1. The Hall–Kier alpha value is -3.66. The monoisotopic (exact) mass is 544 g/mol. The molecule has 3 aromatic rings. The number of carbonyl (C=O) groups is 2. The van der Waals surface area contributed by atoms with Gasteiger partial charge in [-0.25, -0.2) is 22.4 Å². The van der Waals surface area contributed by atoms with Gasteiger partial charge in [0.25, 0.3) is 10.0 Å². The Bertz CT molecular complexity index is 1420. The smallest absolute Gasteiger partial charge is 0.429 e. The number of anilines is 1. The first kappa shape index (κ1) is 28.9. The predicted octanol–water partition coefficient (Wildman–Crippen LogP) is 6.56. The zero-order valence-corrected chi connectivity index (χ0v) is 23.4. The Labute approximate surface area is 222 Å². The number of H-pyrrole nitrogens is 1. The van der Waals surface area contributed by atoms with Crippen molar-refractivity contribution in [1.29, 1.82) is 0 Å². The number of nitrogens with one attached hydrogen (secondary N) is 1. The van der Waals surface area contributed by atoms with Gasteiger partial charge in [0.15, 0.2) is 0 Å². The van der Waals surface area contributed by atoms with Crippen molar-refractivity contribution in [3.8, 4) is 11.3 Å². The summed E-state index contributed by atoms with van der Waals surface area (Å²) in [5.41, 5.74) is 0.206. The van der Waals surface area contributed by atoms with Crippen LogP contribution in [0.15, 0.2) is 53.4 Å². The van der Waals surface area contributed by atoms with Crippen LogP contribution in [0.2, 0.25) is 0 Å². The van der Waals surface area contributed by atoms with Gasteiger partial charge in [-0.3, -0.25) is 0 Å². The van der Waals surface area contributed by atoms with Crippen molar-refractivity contribution >= 4 is 27.8 Å². The van der Waals surface area contributed by atoms with Gasteiger partial charge in [-0.2, -0.15) is 4.31 Å². The first-order chi connectivity index (χ1) is 17.7. The highest BCUT2D eigenvalue weighted by Gasteiger charge is 2.41. The third-order valence-corrected chi connectivity index (χ3v) is 7.19. The lowest BCUT2D eigenvalue weighted by Crippen LogP contribution is -2.42. The van der Waals surface area contributed by atoms with Crippen LogP contribution in [-0.4, -0.2) is 37.7 Å². The minimum absolute atomic E-state index is 0.0179. The molecule has 0 fully saturated rings. The number of ether oxygens (including phenoxy) is 2. The second-order valence-electron chi connectivity index (χ2n) is 10.1. The number of hydrogen-bond acceptors (Lipinski definition) is 6. The molecule has 0 saturated heterocycles. The molecule has 0 saturated carbocycles. The van der Waals surface area contributed by atoms with Crippen molar-refractivity contribution in [3.63, 3.8) is 0 Å². The summed E-state index contributed by atoms with van der Waals surface area (Å²) < 4.78 is 53.4. The number of amides is 1. The summed E-state index contributed by atoms with van der Waals surface area (Å²) in [5, 5.41) is 0. The van der Waals surface area contributed by atoms with E-state index in [0.29, 0.717) is 15.6 Å². The zero-order valence-electron chi connectivity index (χ0n) is 22.6. The first-order valence-electron chi connectivity index (χ1n) is 12.2. The third kappa shape index (κ3) is 6.07. The molecule has 0 radical (unpaired) electrons. The Morgan fingerprint density at radius 3 is 2.11 bits per heavy atom. The van der Waals surface area contributed by atoms with E-state index in [1.165, 1.54) is 36.4 Å². The number of halogens is 1. The number of benzene rings is 2. The van der Waals surface area contributed by atoms with Crippen LogP contribution in [0.1, 0.15) is 69.1 Å². The van der Waals surface area contributed by atoms with Gasteiger partial charge in [0.1, 0.15) is 22.7 Å². The van der Waals surface area contributed by atoms with E-state index >= 15 is 0 Å². The lowest BCUT2D eigenvalue weighted by Gasteiger charge is -2.28. The Morgan fingerprint density at radius 2 is 1.61 bits per heavy atom. The number of carbonyl (C=O) groups excluding carboxylic acids is 2. The standard InChI is InChI=1S/C28H33FN2O6S/c1-8-36-26(32)22-23(17(2)3)30-24(19-11-13-20(29)14-12-19)25(22)31(27(33)37-28(5,6)7)38(34,35)21-15-9-18(4)10-16-21/h9-17,30H,8H2,1-7H3. The number of aromatic amines is 1. The van der Waals surface area contributed by atoms with Crippen molar-refractivity contribution in [2.24, 2.45) is 0 Å². The van der Waals surface area contributed by atoms with Crippen molar-refractivity contribution in [2.75, 3.05) is 10.9 Å². The summed E-state index contributed by atoms with van der Waals surface area (Å²) in [4.78, 5) is 30.0. The number of sulfonamides is 1. The molecule has 8 nitrogen and oxygen atoms in total. The predicted molar refractivity (Wildman–Crippen MR) is 143 cm³/mol. The Morgan fingerprint density at radius 1 is 1.03 bits per heavy atom. The van der Waals surface area contributed by atoms with Crippen LogP contribution in [0.3, 0.4) is 0 Å². The normalized spacial score (nSPS) is 11.9. The van der Waals surface area contributed by atoms with Gasteiger partial charge < -0.3 is 14.5 Å². The molecule has 0 atom stereocenters. The SMILES string of the molecule is CCOC(=O)c1c(C(C)C)[nH]c(-c2ccc(F)cc2)c1N(C(=O)OC(C)(C)C)S(=O)(=O)c1ccc(C)cc1. The number of aryl methyl sites for hydroxylation is 1. The molecular formula is C28H33FN2O6S. The quantitative estimate of drug-likeness (QED) is 0.338. The van der Waals surface area contributed by atoms with Crippen molar-refractivity contribution in [3.05, 3.63) is 71.2 Å². The van der Waals surface area contributed by atoms with E-state index in [1.807, 2.05) is 0 Å². The lowest BCUT2D eigenvalue weighted by molar-refractivity contribution is 0.0525. The average molecular weight is 545 g/mol. The zero-order chi connectivity index (χ0) is 28.4. The van der Waals surface area contributed by atoms with Crippen LogP contribution in [0.5, 0.6) is 0 Å². The van der Waals surface area contributed by atoms with E-state index in [0.717, 1.165) is 5.56 Å². The molecule has 0 unspecified atom stereocenters. The molecule has 10 heteroatoms. The molecular weight excluding hydrogens is 511 g/mol. The minimum Gasteiger partial charge on any atom is -0.462 e. The molecule has 2 aromatic carbocycles. The molecule has 0 aliphatic heterocycles. The fraction of sp³-hybridized carbons (Fsp3) is 0.357. The van der Waals surface area contributed by atoms with Gasteiger partial charge in [-0.15, -0.1) is 0 Å². The molecule has 1 N–H and O–H groups in total. The summed E-state index contributed by atoms with van der Waals surface area (Å²) in [5.74, 6) is -1.62. The molecule has 1 amide bonds. The highest BCUT2D eigenvalue weighted by Crippen LogP contribution is 2.42. The van der Waals surface area contributed by atoms with Gasteiger partial charge in [0.2, 0.25) is 0 Å². The lowest BCUT2D eigenvalue weighted by atomic mass is 10.0. The van der Waals surface area contributed by atoms with E-state index in [2.05, 4.69) is 4.98 Å². The van der Waals surface area contributed by atoms with Gasteiger partial charge in [0.05, 0.1) is 17.2 Å². The van der Waals surface area contributed by atoms with Crippen LogP contribution in [0.4, 0.5) is 14.9 Å². The Balaban J connectivity index is 2.47. The number of esters is 1. The van der Waals surface area contributed by atoms with Crippen molar-refractivity contribution in [1.82, 2.24) is 4.98 Å². The largest absolute Gasteiger partial charge is 0.462 e. The molecule has 3 rings (SSSR count). The molecule has 38 heavy (non-hydrogen) atoms. The summed E-state index contributed by atoms with van der Waals surface area (Å²) in [6.45, 7) is 11.9. The van der Waals surface area contributed by atoms with Gasteiger partial charge in [0, 0.05) is 11.3 Å². The number of rotatable bonds is 7. The van der Waals surface area contributed by atoms with E-state index < -0.39 is 33.5 Å². The second kappa shape index (κ2) is 11.0. The summed E-state index contributed by atoms with van der Waals surface area (Å²) in [6, 6.07) is 11.2. The van der Waals surface area contributed by atoms with E-state index in [9.17, 15) is 22.4 Å². The van der Waals surface area contributed by atoms with Crippen molar-refractivity contribution in [2.45, 2.75) is 64.9 Å². The van der Waals surface area contributed by atoms with Crippen LogP contribution in [0, 0.1) is 12.7 Å². The highest BCUT2D eigenvalue weighted by molar-refractivity contribution is 7.93. The second-order valence-corrected chi connectivity index (χ2v) is 11.9. The molecule has 0 aliphatic carbocycles. The van der Waals surface area contributed by atoms with Crippen LogP contribution >= 0.6 is 0 Å². The minimum atomic E-state index is -4.61. The summed E-state index contributed by atoms with van der Waals surface area (Å²) in [7, 11) is -4.61. The van der Waals surface area contributed by atoms with E-state index in [4.69, 9.17) is 9.47 Å². The summed E-state index contributed by atoms with van der Waals surface area (Å²) in [6.07, 6.45) is -1.21.